The van der Waals surface area contributed by atoms with Gasteiger partial charge < -0.3 is 5.32 Å². The molecular weight excluding hydrogens is 285 g/mol. The molecule has 0 fully saturated rings. The molecule has 1 atom stereocenters. The number of aromatic nitrogens is 1. The SMILES string of the molecule is CC(C)NC(c1ccc(C(F)(F)F)cc1)c1nccs1. The van der Waals surface area contributed by atoms with Gasteiger partial charge in [-0.3, -0.25) is 0 Å². The molecular formula is C14H15F3N2S. The van der Waals surface area contributed by atoms with E-state index in [9.17, 15) is 13.2 Å². The highest BCUT2D eigenvalue weighted by Gasteiger charge is 2.30. The Balaban J connectivity index is 2.30. The van der Waals surface area contributed by atoms with Gasteiger partial charge in [0.15, 0.2) is 0 Å². The van der Waals surface area contributed by atoms with Crippen LogP contribution >= 0.6 is 11.3 Å². The number of alkyl halides is 3. The molecule has 0 spiro atoms. The molecule has 1 unspecified atom stereocenters. The Kier molecular flexibility index (Phi) is 4.45. The highest BCUT2D eigenvalue weighted by atomic mass is 32.1. The summed E-state index contributed by atoms with van der Waals surface area (Å²) in [5, 5.41) is 6.02. The van der Waals surface area contributed by atoms with E-state index in [1.165, 1.54) is 23.5 Å². The van der Waals surface area contributed by atoms with E-state index in [4.69, 9.17) is 0 Å². The average Bonchev–Trinajstić information content (AvgIpc) is 2.88. The van der Waals surface area contributed by atoms with Gasteiger partial charge in [0.25, 0.3) is 0 Å². The van der Waals surface area contributed by atoms with Crippen molar-refractivity contribution < 1.29 is 13.2 Å². The maximum Gasteiger partial charge on any atom is 0.416 e. The van der Waals surface area contributed by atoms with Crippen LogP contribution in [0.25, 0.3) is 0 Å². The van der Waals surface area contributed by atoms with E-state index in [0.717, 1.165) is 22.7 Å². The highest BCUT2D eigenvalue weighted by molar-refractivity contribution is 7.09. The molecule has 6 heteroatoms. The molecule has 1 aromatic heterocycles. The third-order valence-electron chi connectivity index (χ3n) is 2.77. The number of rotatable bonds is 4. The Bertz CT molecular complexity index is 533. The van der Waals surface area contributed by atoms with Gasteiger partial charge >= 0.3 is 6.18 Å². The van der Waals surface area contributed by atoms with Crippen molar-refractivity contribution in [3.8, 4) is 0 Å². The van der Waals surface area contributed by atoms with E-state index in [1.54, 1.807) is 6.20 Å². The van der Waals surface area contributed by atoms with E-state index in [-0.39, 0.29) is 12.1 Å². The zero-order valence-electron chi connectivity index (χ0n) is 11.1. The Morgan fingerprint density at radius 1 is 1.15 bits per heavy atom. The van der Waals surface area contributed by atoms with Gasteiger partial charge in [0.1, 0.15) is 5.01 Å². The number of nitrogens with zero attached hydrogens (tertiary/aromatic N) is 1. The van der Waals surface area contributed by atoms with E-state index in [2.05, 4.69) is 10.3 Å². The summed E-state index contributed by atoms with van der Waals surface area (Å²) < 4.78 is 37.7. The van der Waals surface area contributed by atoms with Crippen LogP contribution in [0.1, 0.15) is 36.0 Å². The minimum atomic E-state index is -4.30. The van der Waals surface area contributed by atoms with Crippen molar-refractivity contribution in [1.29, 1.82) is 0 Å². The quantitative estimate of drug-likeness (QED) is 0.913. The van der Waals surface area contributed by atoms with Crippen molar-refractivity contribution in [2.24, 2.45) is 0 Å². The normalized spacial score (nSPS) is 13.7. The molecule has 0 saturated carbocycles. The fourth-order valence-electron chi connectivity index (χ4n) is 1.89. The molecule has 0 aliphatic carbocycles. The number of halogens is 3. The topological polar surface area (TPSA) is 24.9 Å². The summed E-state index contributed by atoms with van der Waals surface area (Å²) in [5.41, 5.74) is 0.144. The fraction of sp³-hybridized carbons (Fsp3) is 0.357. The molecule has 1 aromatic carbocycles. The Labute approximate surface area is 119 Å². The molecule has 0 radical (unpaired) electrons. The minimum absolute atomic E-state index is 0.183. The van der Waals surface area contributed by atoms with Crippen LogP contribution in [0.5, 0.6) is 0 Å². The van der Waals surface area contributed by atoms with E-state index in [1.807, 2.05) is 19.2 Å². The van der Waals surface area contributed by atoms with Gasteiger partial charge in [-0.25, -0.2) is 4.98 Å². The van der Waals surface area contributed by atoms with Crippen LogP contribution in [0.2, 0.25) is 0 Å². The molecule has 2 aromatic rings. The van der Waals surface area contributed by atoms with Gasteiger partial charge in [-0.1, -0.05) is 12.1 Å². The third-order valence-corrected chi connectivity index (χ3v) is 3.61. The summed E-state index contributed by atoms with van der Waals surface area (Å²) >= 11 is 1.48. The monoisotopic (exact) mass is 300 g/mol. The first-order valence-corrected chi connectivity index (χ1v) is 7.08. The zero-order valence-corrected chi connectivity index (χ0v) is 11.9. The average molecular weight is 300 g/mol. The summed E-state index contributed by atoms with van der Waals surface area (Å²) in [6.07, 6.45) is -2.61. The lowest BCUT2D eigenvalue weighted by molar-refractivity contribution is -0.137. The second-order valence-electron chi connectivity index (χ2n) is 4.74. The largest absolute Gasteiger partial charge is 0.416 e. The Morgan fingerprint density at radius 3 is 2.25 bits per heavy atom. The van der Waals surface area contributed by atoms with Gasteiger partial charge in [-0.05, 0) is 31.5 Å². The predicted molar refractivity (Wildman–Crippen MR) is 73.7 cm³/mol. The first-order chi connectivity index (χ1) is 9.38. The molecule has 20 heavy (non-hydrogen) atoms. The summed E-state index contributed by atoms with van der Waals surface area (Å²) in [7, 11) is 0. The van der Waals surface area contributed by atoms with Crippen LogP contribution in [0.15, 0.2) is 35.8 Å². The molecule has 1 N–H and O–H groups in total. The molecule has 0 amide bonds. The summed E-state index contributed by atoms with van der Waals surface area (Å²) in [6.45, 7) is 3.98. The Morgan fingerprint density at radius 2 is 1.80 bits per heavy atom. The number of hydrogen-bond donors (Lipinski definition) is 1. The first kappa shape index (κ1) is 15.0. The molecule has 2 rings (SSSR count). The molecule has 0 aliphatic heterocycles. The Hall–Kier alpha value is -1.40. The van der Waals surface area contributed by atoms with E-state index in [0.29, 0.717) is 0 Å². The van der Waals surface area contributed by atoms with Crippen LogP contribution in [-0.2, 0) is 6.18 Å². The summed E-state index contributed by atoms with van der Waals surface area (Å²) in [6, 6.07) is 5.24. The minimum Gasteiger partial charge on any atom is -0.302 e. The first-order valence-electron chi connectivity index (χ1n) is 6.20. The zero-order chi connectivity index (χ0) is 14.8. The fourth-order valence-corrected chi connectivity index (χ4v) is 2.61. The van der Waals surface area contributed by atoms with Crippen molar-refractivity contribution in [3.63, 3.8) is 0 Å². The second-order valence-corrected chi connectivity index (χ2v) is 5.67. The van der Waals surface area contributed by atoms with Gasteiger partial charge in [-0.15, -0.1) is 11.3 Å². The van der Waals surface area contributed by atoms with Gasteiger partial charge in [-0.2, -0.15) is 13.2 Å². The van der Waals surface area contributed by atoms with Crippen LogP contribution in [0.4, 0.5) is 13.2 Å². The second kappa shape index (κ2) is 5.93. The van der Waals surface area contributed by atoms with Crippen LogP contribution in [-0.4, -0.2) is 11.0 Å². The standard InChI is InChI=1S/C14H15F3N2S/c1-9(2)19-12(13-18-7-8-20-13)10-3-5-11(6-4-10)14(15,16)17/h3-9,12,19H,1-2H3. The van der Waals surface area contributed by atoms with Crippen LogP contribution in [0, 0.1) is 0 Å². The van der Waals surface area contributed by atoms with Crippen molar-refractivity contribution in [2.75, 3.05) is 0 Å². The van der Waals surface area contributed by atoms with Crippen LogP contribution < -0.4 is 5.32 Å². The van der Waals surface area contributed by atoms with Gasteiger partial charge in [0.05, 0.1) is 11.6 Å². The van der Waals surface area contributed by atoms with Crippen molar-refractivity contribution in [1.82, 2.24) is 10.3 Å². The molecule has 0 aliphatic rings. The van der Waals surface area contributed by atoms with Crippen LogP contribution in [0.3, 0.4) is 0 Å². The van der Waals surface area contributed by atoms with Gasteiger partial charge in [0.2, 0.25) is 0 Å². The van der Waals surface area contributed by atoms with Gasteiger partial charge in [0, 0.05) is 17.6 Å². The highest BCUT2D eigenvalue weighted by Crippen LogP contribution is 2.31. The predicted octanol–water partition coefficient (Wildman–Crippen LogP) is 4.25. The third kappa shape index (κ3) is 3.58. The molecule has 0 bridgehead atoms. The van der Waals surface area contributed by atoms with Crippen molar-refractivity contribution in [3.05, 3.63) is 52.0 Å². The van der Waals surface area contributed by atoms with E-state index < -0.39 is 11.7 Å². The smallest absolute Gasteiger partial charge is 0.302 e. The molecule has 0 saturated heterocycles. The number of benzene rings is 1. The number of thiazole rings is 1. The van der Waals surface area contributed by atoms with Crippen molar-refractivity contribution >= 4 is 11.3 Å². The summed E-state index contributed by atoms with van der Waals surface area (Å²) in [4.78, 5) is 4.25. The lowest BCUT2D eigenvalue weighted by Crippen LogP contribution is -2.28. The maximum atomic E-state index is 12.6. The number of nitrogens with one attached hydrogen (secondary N) is 1. The molecule has 2 nitrogen and oxygen atoms in total. The molecule has 108 valence electrons. The van der Waals surface area contributed by atoms with Crippen molar-refractivity contribution in [2.45, 2.75) is 32.1 Å². The lowest BCUT2D eigenvalue weighted by Gasteiger charge is -2.20. The maximum absolute atomic E-state index is 12.6. The number of hydrogen-bond acceptors (Lipinski definition) is 3. The van der Waals surface area contributed by atoms with E-state index >= 15 is 0 Å². The summed E-state index contributed by atoms with van der Waals surface area (Å²) in [5.74, 6) is 0. The lowest BCUT2D eigenvalue weighted by atomic mass is 10.0. The molecule has 1 heterocycles.